The van der Waals surface area contributed by atoms with Crippen molar-refractivity contribution in [3.8, 4) is 5.75 Å². The van der Waals surface area contributed by atoms with E-state index in [1.54, 1.807) is 19.2 Å². The summed E-state index contributed by atoms with van der Waals surface area (Å²) < 4.78 is 6.10. The van der Waals surface area contributed by atoms with Gasteiger partial charge in [-0.15, -0.1) is 0 Å². The minimum atomic E-state index is -0.159. The molecule has 0 bridgehead atoms. The van der Waals surface area contributed by atoms with Crippen LogP contribution in [0, 0.1) is 13.8 Å². The van der Waals surface area contributed by atoms with Crippen LogP contribution < -0.4 is 10.1 Å². The summed E-state index contributed by atoms with van der Waals surface area (Å²) in [6, 6.07) is 11.2. The van der Waals surface area contributed by atoms with Gasteiger partial charge in [0, 0.05) is 10.0 Å². The largest absolute Gasteiger partial charge is 0.496 e. The van der Waals surface area contributed by atoms with E-state index in [0.717, 1.165) is 21.3 Å². The Hall–Kier alpha value is -1.81. The fourth-order valence-corrected chi connectivity index (χ4v) is 2.47. The minimum absolute atomic E-state index is 0.159. The molecule has 0 aromatic heterocycles. The van der Waals surface area contributed by atoms with Crippen LogP contribution in [0.5, 0.6) is 5.75 Å². The first-order valence-electron chi connectivity index (χ1n) is 6.23. The van der Waals surface area contributed by atoms with Crippen LogP contribution in [-0.4, -0.2) is 13.0 Å². The fraction of sp³-hybridized carbons (Fsp3) is 0.188. The number of hydrogen-bond acceptors (Lipinski definition) is 2. The molecule has 0 atom stereocenters. The summed E-state index contributed by atoms with van der Waals surface area (Å²) in [6.45, 7) is 3.94. The summed E-state index contributed by atoms with van der Waals surface area (Å²) >= 11 is 3.45. The number of rotatable bonds is 3. The molecule has 1 amide bonds. The first-order chi connectivity index (χ1) is 9.51. The Balaban J connectivity index is 2.24. The molecule has 20 heavy (non-hydrogen) atoms. The number of anilines is 1. The Morgan fingerprint density at radius 3 is 2.55 bits per heavy atom. The maximum atomic E-state index is 12.2. The van der Waals surface area contributed by atoms with Gasteiger partial charge >= 0.3 is 0 Å². The van der Waals surface area contributed by atoms with Crippen molar-refractivity contribution in [2.24, 2.45) is 0 Å². The number of carbonyl (C=O) groups is 1. The Morgan fingerprint density at radius 2 is 1.90 bits per heavy atom. The highest BCUT2D eigenvalue weighted by Crippen LogP contribution is 2.25. The molecule has 3 nitrogen and oxygen atoms in total. The maximum absolute atomic E-state index is 12.2. The lowest BCUT2D eigenvalue weighted by Crippen LogP contribution is -2.12. The second-order valence-electron chi connectivity index (χ2n) is 4.62. The molecule has 0 fully saturated rings. The quantitative estimate of drug-likeness (QED) is 0.907. The molecule has 0 saturated heterocycles. The molecule has 4 heteroatoms. The monoisotopic (exact) mass is 333 g/mol. The van der Waals surface area contributed by atoms with E-state index in [1.807, 2.05) is 38.1 Å². The van der Waals surface area contributed by atoms with E-state index in [0.29, 0.717) is 11.3 Å². The van der Waals surface area contributed by atoms with Crippen molar-refractivity contribution in [2.75, 3.05) is 12.4 Å². The van der Waals surface area contributed by atoms with Crippen LogP contribution in [0.2, 0.25) is 0 Å². The van der Waals surface area contributed by atoms with Crippen LogP contribution >= 0.6 is 15.9 Å². The molecular formula is C16H16BrNO2. The Morgan fingerprint density at radius 1 is 1.15 bits per heavy atom. The second-order valence-corrected chi connectivity index (χ2v) is 5.48. The van der Waals surface area contributed by atoms with Gasteiger partial charge in [-0.2, -0.15) is 0 Å². The van der Waals surface area contributed by atoms with E-state index >= 15 is 0 Å². The number of amides is 1. The number of hydrogen-bond donors (Lipinski definition) is 1. The van der Waals surface area contributed by atoms with E-state index in [1.165, 1.54) is 0 Å². The number of methoxy groups -OCH3 is 1. The molecule has 0 heterocycles. The number of nitrogens with one attached hydrogen (secondary N) is 1. The lowest BCUT2D eigenvalue weighted by atomic mass is 10.1. The number of carbonyl (C=O) groups excluding carboxylic acids is 1. The third kappa shape index (κ3) is 3.20. The summed E-state index contributed by atoms with van der Waals surface area (Å²) in [5, 5.41) is 2.88. The Kier molecular flexibility index (Phi) is 4.45. The Bertz CT molecular complexity index is 653. The van der Waals surface area contributed by atoms with Crippen molar-refractivity contribution in [1.29, 1.82) is 0 Å². The summed E-state index contributed by atoms with van der Waals surface area (Å²) in [7, 11) is 1.60. The average Bonchev–Trinajstić information content (AvgIpc) is 2.42. The van der Waals surface area contributed by atoms with Gasteiger partial charge in [0.2, 0.25) is 0 Å². The standard InChI is InChI=1S/C16H16BrNO2/c1-10-4-7-14(13(17)8-10)18-16(19)12-6-5-11(2)15(9-12)20-3/h4-9H,1-3H3,(H,18,19). The number of benzene rings is 2. The first-order valence-corrected chi connectivity index (χ1v) is 7.02. The van der Waals surface area contributed by atoms with Gasteiger partial charge in [0.1, 0.15) is 5.75 Å². The van der Waals surface area contributed by atoms with Crippen LogP contribution in [0.15, 0.2) is 40.9 Å². The smallest absolute Gasteiger partial charge is 0.255 e. The molecule has 0 unspecified atom stereocenters. The zero-order valence-electron chi connectivity index (χ0n) is 11.7. The van der Waals surface area contributed by atoms with Crippen molar-refractivity contribution < 1.29 is 9.53 Å². The third-order valence-electron chi connectivity index (χ3n) is 3.04. The van der Waals surface area contributed by atoms with Gasteiger partial charge in [-0.25, -0.2) is 0 Å². The van der Waals surface area contributed by atoms with Crippen molar-refractivity contribution in [3.05, 3.63) is 57.6 Å². The zero-order chi connectivity index (χ0) is 14.7. The summed E-state index contributed by atoms with van der Waals surface area (Å²) in [6.07, 6.45) is 0. The van der Waals surface area contributed by atoms with Crippen LogP contribution in [0.1, 0.15) is 21.5 Å². The van der Waals surface area contributed by atoms with Crippen molar-refractivity contribution in [3.63, 3.8) is 0 Å². The maximum Gasteiger partial charge on any atom is 0.255 e. The number of halogens is 1. The van der Waals surface area contributed by atoms with Gasteiger partial charge < -0.3 is 10.1 Å². The molecule has 104 valence electrons. The van der Waals surface area contributed by atoms with Gasteiger partial charge in [-0.3, -0.25) is 4.79 Å². The predicted octanol–water partition coefficient (Wildman–Crippen LogP) is 4.33. The topological polar surface area (TPSA) is 38.3 Å². The highest BCUT2D eigenvalue weighted by atomic mass is 79.9. The molecule has 0 aliphatic heterocycles. The highest BCUT2D eigenvalue weighted by Gasteiger charge is 2.10. The third-order valence-corrected chi connectivity index (χ3v) is 3.70. The van der Waals surface area contributed by atoms with E-state index in [2.05, 4.69) is 21.2 Å². The van der Waals surface area contributed by atoms with Crippen LogP contribution in [-0.2, 0) is 0 Å². The lowest BCUT2D eigenvalue weighted by molar-refractivity contribution is 0.102. The fourth-order valence-electron chi connectivity index (χ4n) is 1.88. The van der Waals surface area contributed by atoms with E-state index in [9.17, 15) is 4.79 Å². The van der Waals surface area contributed by atoms with E-state index in [-0.39, 0.29) is 5.91 Å². The number of ether oxygens (including phenoxy) is 1. The lowest BCUT2D eigenvalue weighted by Gasteiger charge is -2.10. The molecule has 0 radical (unpaired) electrons. The van der Waals surface area contributed by atoms with Gasteiger partial charge in [-0.05, 0) is 65.2 Å². The summed E-state index contributed by atoms with van der Waals surface area (Å²) in [5.41, 5.74) is 3.45. The molecule has 2 aromatic rings. The SMILES string of the molecule is COc1cc(C(=O)Nc2ccc(C)cc2Br)ccc1C. The van der Waals surface area contributed by atoms with Gasteiger partial charge in [-0.1, -0.05) is 12.1 Å². The summed E-state index contributed by atoms with van der Waals surface area (Å²) in [5.74, 6) is 0.550. The number of aryl methyl sites for hydroxylation is 2. The van der Waals surface area contributed by atoms with Crippen LogP contribution in [0.3, 0.4) is 0 Å². The van der Waals surface area contributed by atoms with Gasteiger partial charge in [0.05, 0.1) is 12.8 Å². The molecule has 0 spiro atoms. The van der Waals surface area contributed by atoms with E-state index < -0.39 is 0 Å². The molecule has 0 saturated carbocycles. The molecule has 1 N–H and O–H groups in total. The van der Waals surface area contributed by atoms with Crippen molar-refractivity contribution in [1.82, 2.24) is 0 Å². The van der Waals surface area contributed by atoms with Crippen molar-refractivity contribution in [2.45, 2.75) is 13.8 Å². The minimum Gasteiger partial charge on any atom is -0.496 e. The highest BCUT2D eigenvalue weighted by molar-refractivity contribution is 9.10. The first kappa shape index (κ1) is 14.6. The molecule has 0 aliphatic carbocycles. The molecule has 0 aliphatic rings. The Labute approximate surface area is 127 Å². The molecule has 2 rings (SSSR count). The van der Waals surface area contributed by atoms with Crippen LogP contribution in [0.4, 0.5) is 5.69 Å². The zero-order valence-corrected chi connectivity index (χ0v) is 13.2. The molecule has 2 aromatic carbocycles. The van der Waals surface area contributed by atoms with Crippen LogP contribution in [0.25, 0.3) is 0 Å². The average molecular weight is 334 g/mol. The van der Waals surface area contributed by atoms with E-state index in [4.69, 9.17) is 4.74 Å². The summed E-state index contributed by atoms with van der Waals surface area (Å²) in [4.78, 5) is 12.2. The predicted molar refractivity (Wildman–Crippen MR) is 84.6 cm³/mol. The normalized spacial score (nSPS) is 10.2. The second kappa shape index (κ2) is 6.09. The molecular weight excluding hydrogens is 318 g/mol. The van der Waals surface area contributed by atoms with Crippen molar-refractivity contribution >= 4 is 27.5 Å². The van der Waals surface area contributed by atoms with Gasteiger partial charge in [0.15, 0.2) is 0 Å². The van der Waals surface area contributed by atoms with Gasteiger partial charge in [0.25, 0.3) is 5.91 Å².